The minimum absolute atomic E-state index is 0.653. The number of hydrogen-bond acceptors (Lipinski definition) is 4. The summed E-state index contributed by atoms with van der Waals surface area (Å²) in [7, 11) is -3.19. The molecule has 0 bridgehead atoms. The molecule has 0 aliphatic heterocycles. The summed E-state index contributed by atoms with van der Waals surface area (Å²) in [5, 5.41) is 2.61. The van der Waals surface area contributed by atoms with Crippen molar-refractivity contribution in [3.63, 3.8) is 0 Å². The maximum Gasteiger partial charge on any atom is 0.159 e. The minimum atomic E-state index is -3.19. The Hall–Kier alpha value is -1.20. The molecule has 0 saturated carbocycles. The Balaban J connectivity index is 1.99. The van der Waals surface area contributed by atoms with Crippen molar-refractivity contribution >= 4 is 21.2 Å². The van der Waals surface area contributed by atoms with Gasteiger partial charge in [0.25, 0.3) is 0 Å². The van der Waals surface area contributed by atoms with Crippen LogP contribution in [0.3, 0.4) is 0 Å². The molecule has 5 heteroatoms. The third-order valence-electron chi connectivity index (χ3n) is 4.34. The molecule has 0 unspecified atom stereocenters. The SMILES string of the molecule is CC(C)(c1nc(-c2ccc3c(c2)CCC3)cs1)S(C)(=O)=O. The number of sulfone groups is 1. The summed E-state index contributed by atoms with van der Waals surface area (Å²) in [4.78, 5) is 4.58. The van der Waals surface area contributed by atoms with Crippen LogP contribution in [0, 0.1) is 0 Å². The van der Waals surface area contributed by atoms with E-state index < -0.39 is 14.6 Å². The summed E-state index contributed by atoms with van der Waals surface area (Å²) in [6.07, 6.45) is 4.79. The molecular weight excluding hydrogens is 302 g/mol. The van der Waals surface area contributed by atoms with E-state index in [1.165, 1.54) is 41.6 Å². The van der Waals surface area contributed by atoms with Crippen LogP contribution in [-0.4, -0.2) is 19.7 Å². The van der Waals surface area contributed by atoms with E-state index in [9.17, 15) is 8.42 Å². The van der Waals surface area contributed by atoms with E-state index in [1.54, 1.807) is 13.8 Å². The van der Waals surface area contributed by atoms with Crippen molar-refractivity contribution in [3.8, 4) is 11.3 Å². The van der Waals surface area contributed by atoms with Crippen molar-refractivity contribution in [2.24, 2.45) is 0 Å². The smallest absolute Gasteiger partial charge is 0.159 e. The van der Waals surface area contributed by atoms with E-state index >= 15 is 0 Å². The van der Waals surface area contributed by atoms with Crippen LogP contribution in [-0.2, 0) is 27.4 Å². The zero-order chi connectivity index (χ0) is 15.3. The molecule has 1 aromatic heterocycles. The van der Waals surface area contributed by atoms with Crippen molar-refractivity contribution < 1.29 is 8.42 Å². The molecule has 3 nitrogen and oxygen atoms in total. The maximum atomic E-state index is 11.9. The molecule has 0 spiro atoms. The van der Waals surface area contributed by atoms with Crippen LogP contribution in [0.4, 0.5) is 0 Å². The Bertz CT molecular complexity index is 788. The molecule has 1 aromatic carbocycles. The van der Waals surface area contributed by atoms with Crippen molar-refractivity contribution in [2.75, 3.05) is 6.26 Å². The van der Waals surface area contributed by atoms with Gasteiger partial charge in [0.2, 0.25) is 0 Å². The summed E-state index contributed by atoms with van der Waals surface area (Å²) in [6, 6.07) is 6.48. The summed E-state index contributed by atoms with van der Waals surface area (Å²) in [6.45, 7) is 3.43. The van der Waals surface area contributed by atoms with Gasteiger partial charge in [-0.15, -0.1) is 11.3 Å². The Kier molecular flexibility index (Phi) is 3.45. The fraction of sp³-hybridized carbons (Fsp3) is 0.438. The van der Waals surface area contributed by atoms with Crippen LogP contribution in [0.15, 0.2) is 23.6 Å². The average Bonchev–Trinajstić information content (AvgIpc) is 3.05. The quantitative estimate of drug-likeness (QED) is 0.868. The van der Waals surface area contributed by atoms with Gasteiger partial charge in [0.1, 0.15) is 9.75 Å². The third kappa shape index (κ3) is 2.53. The number of aromatic nitrogens is 1. The molecule has 1 heterocycles. The zero-order valence-corrected chi connectivity index (χ0v) is 14.1. The highest BCUT2D eigenvalue weighted by Gasteiger charge is 2.35. The summed E-state index contributed by atoms with van der Waals surface area (Å²) in [5.41, 5.74) is 4.80. The van der Waals surface area contributed by atoms with Gasteiger partial charge in [0.15, 0.2) is 9.84 Å². The molecule has 1 aliphatic carbocycles. The first kappa shape index (κ1) is 14.7. The number of aryl methyl sites for hydroxylation is 2. The van der Waals surface area contributed by atoms with Gasteiger partial charge >= 0.3 is 0 Å². The van der Waals surface area contributed by atoms with Gasteiger partial charge < -0.3 is 0 Å². The first-order chi connectivity index (χ1) is 9.79. The second-order valence-electron chi connectivity index (χ2n) is 6.16. The van der Waals surface area contributed by atoms with Crippen LogP contribution in [0.25, 0.3) is 11.3 Å². The van der Waals surface area contributed by atoms with E-state index in [2.05, 4.69) is 23.2 Å². The lowest BCUT2D eigenvalue weighted by Crippen LogP contribution is -2.27. The Morgan fingerprint density at radius 1 is 1.19 bits per heavy atom. The van der Waals surface area contributed by atoms with Gasteiger partial charge in [-0.3, -0.25) is 0 Å². The van der Waals surface area contributed by atoms with Crippen molar-refractivity contribution in [2.45, 2.75) is 37.9 Å². The van der Waals surface area contributed by atoms with Gasteiger partial charge in [0, 0.05) is 17.2 Å². The highest BCUT2D eigenvalue weighted by molar-refractivity contribution is 7.91. The fourth-order valence-corrected chi connectivity index (χ4v) is 4.38. The number of hydrogen-bond donors (Lipinski definition) is 0. The van der Waals surface area contributed by atoms with Crippen molar-refractivity contribution in [1.29, 1.82) is 0 Å². The van der Waals surface area contributed by atoms with Gasteiger partial charge in [-0.25, -0.2) is 13.4 Å². The second-order valence-corrected chi connectivity index (χ2v) is 9.58. The Labute approximate surface area is 130 Å². The Morgan fingerprint density at radius 3 is 2.62 bits per heavy atom. The predicted molar refractivity (Wildman–Crippen MR) is 87.4 cm³/mol. The summed E-state index contributed by atoms with van der Waals surface area (Å²) in [5.74, 6) is 0. The molecule has 0 fully saturated rings. The van der Waals surface area contributed by atoms with Gasteiger partial charge in [-0.1, -0.05) is 12.1 Å². The number of rotatable bonds is 3. The molecule has 112 valence electrons. The molecular formula is C16H19NO2S2. The van der Waals surface area contributed by atoms with Crippen LogP contribution in [0.1, 0.15) is 36.4 Å². The second kappa shape index (κ2) is 4.92. The summed E-state index contributed by atoms with van der Waals surface area (Å²) < 4.78 is 22.9. The van der Waals surface area contributed by atoms with Gasteiger partial charge in [-0.2, -0.15) is 0 Å². The third-order valence-corrected chi connectivity index (χ3v) is 7.68. The lowest BCUT2D eigenvalue weighted by atomic mass is 10.0. The zero-order valence-electron chi connectivity index (χ0n) is 12.5. The number of thiazole rings is 1. The van der Waals surface area contributed by atoms with Gasteiger partial charge in [-0.05, 0) is 50.3 Å². The first-order valence-electron chi connectivity index (χ1n) is 7.07. The molecule has 2 aromatic rings. The lowest BCUT2D eigenvalue weighted by molar-refractivity contribution is 0.560. The number of fused-ring (bicyclic) bond motifs is 1. The molecule has 0 saturated heterocycles. The highest BCUT2D eigenvalue weighted by atomic mass is 32.2. The first-order valence-corrected chi connectivity index (χ1v) is 9.84. The molecule has 0 amide bonds. The van der Waals surface area contributed by atoms with E-state index in [0.29, 0.717) is 5.01 Å². The minimum Gasteiger partial charge on any atom is -0.240 e. The van der Waals surface area contributed by atoms with Crippen LogP contribution in [0.5, 0.6) is 0 Å². The maximum absolute atomic E-state index is 11.9. The van der Waals surface area contributed by atoms with E-state index in [4.69, 9.17) is 0 Å². The number of benzene rings is 1. The normalized spacial score (nSPS) is 15.2. The van der Waals surface area contributed by atoms with Crippen LogP contribution >= 0.6 is 11.3 Å². The topological polar surface area (TPSA) is 47.0 Å². The molecule has 21 heavy (non-hydrogen) atoms. The predicted octanol–water partition coefficient (Wildman–Crippen LogP) is 3.58. The molecule has 0 radical (unpaired) electrons. The highest BCUT2D eigenvalue weighted by Crippen LogP contribution is 2.35. The van der Waals surface area contributed by atoms with E-state index in [-0.39, 0.29) is 0 Å². The van der Waals surface area contributed by atoms with E-state index in [1.807, 2.05) is 5.38 Å². The largest absolute Gasteiger partial charge is 0.240 e. The fourth-order valence-electron chi connectivity index (χ4n) is 2.57. The number of nitrogens with zero attached hydrogens (tertiary/aromatic N) is 1. The van der Waals surface area contributed by atoms with Crippen molar-refractivity contribution in [1.82, 2.24) is 4.98 Å². The molecule has 3 rings (SSSR count). The van der Waals surface area contributed by atoms with Gasteiger partial charge in [0.05, 0.1) is 5.69 Å². The lowest BCUT2D eigenvalue weighted by Gasteiger charge is -2.19. The molecule has 1 aliphatic rings. The van der Waals surface area contributed by atoms with Crippen LogP contribution in [0.2, 0.25) is 0 Å². The average molecular weight is 321 g/mol. The Morgan fingerprint density at radius 2 is 1.90 bits per heavy atom. The van der Waals surface area contributed by atoms with Crippen molar-refractivity contribution in [3.05, 3.63) is 39.7 Å². The standard InChI is InChI=1S/C16H19NO2S2/c1-16(2,21(3,18)19)15-17-14(10-20-15)13-8-7-11-5-4-6-12(11)9-13/h7-10H,4-6H2,1-3H3. The van der Waals surface area contributed by atoms with E-state index in [0.717, 1.165) is 17.7 Å². The monoisotopic (exact) mass is 321 g/mol. The molecule has 0 atom stereocenters. The summed E-state index contributed by atoms with van der Waals surface area (Å²) >= 11 is 1.42. The molecule has 0 N–H and O–H groups in total. The van der Waals surface area contributed by atoms with Crippen LogP contribution < -0.4 is 0 Å².